The maximum atomic E-state index is 13.9. The second-order valence-electron chi connectivity index (χ2n) is 5.01. The molecule has 0 radical (unpaired) electrons. The van der Waals surface area contributed by atoms with E-state index in [0.29, 0.717) is 16.0 Å². The Morgan fingerprint density at radius 1 is 1.24 bits per heavy atom. The third-order valence-corrected chi connectivity index (χ3v) is 4.19. The third kappa shape index (κ3) is 2.58. The van der Waals surface area contributed by atoms with Crippen molar-refractivity contribution in [2.75, 3.05) is 0 Å². The van der Waals surface area contributed by atoms with Crippen molar-refractivity contribution in [2.45, 2.75) is 19.2 Å². The summed E-state index contributed by atoms with van der Waals surface area (Å²) < 4.78 is 16.2. The summed E-state index contributed by atoms with van der Waals surface area (Å²) in [7, 11) is 0. The Labute approximate surface area is 135 Å². The summed E-state index contributed by atoms with van der Waals surface area (Å²) in [6.45, 7) is 3.88. The zero-order valence-corrected chi connectivity index (χ0v) is 13.9. The van der Waals surface area contributed by atoms with Gasteiger partial charge in [-0.1, -0.05) is 6.07 Å². The van der Waals surface area contributed by atoms with Gasteiger partial charge in [0.1, 0.15) is 11.6 Å². The second kappa shape index (κ2) is 5.43. The summed E-state index contributed by atoms with van der Waals surface area (Å²) in [6.07, 6.45) is 0. The van der Waals surface area contributed by atoms with E-state index in [1.807, 2.05) is 42.7 Å². The molecule has 0 bridgehead atoms. The summed E-state index contributed by atoms with van der Waals surface area (Å²) in [4.78, 5) is 4.58. The quantitative estimate of drug-likeness (QED) is 0.544. The van der Waals surface area contributed by atoms with Crippen molar-refractivity contribution >= 4 is 38.6 Å². The number of aromatic nitrogens is 2. The van der Waals surface area contributed by atoms with Crippen LogP contribution in [-0.2, 0) is 0 Å². The molecule has 0 saturated heterocycles. The van der Waals surface area contributed by atoms with Gasteiger partial charge in [0.25, 0.3) is 0 Å². The van der Waals surface area contributed by atoms with E-state index in [1.165, 1.54) is 6.07 Å². The van der Waals surface area contributed by atoms with E-state index in [2.05, 4.69) is 20.9 Å². The number of benzene rings is 2. The summed E-state index contributed by atoms with van der Waals surface area (Å²) in [5.41, 5.74) is 3.62. The maximum absolute atomic E-state index is 13.9. The van der Waals surface area contributed by atoms with Crippen molar-refractivity contribution in [1.29, 1.82) is 0 Å². The fourth-order valence-electron chi connectivity index (χ4n) is 2.37. The number of halogens is 3. The standard InChI is InChI=1S/C16H13BrClFN2/c1-9-3-6-14-15(7-9)21(16(20-14)10(2)18)11-4-5-12(17)13(19)8-11/h3-8,10H,1-2H3. The third-order valence-electron chi connectivity index (χ3n) is 3.35. The molecule has 2 nitrogen and oxygen atoms in total. The number of rotatable bonds is 2. The molecule has 0 aliphatic rings. The van der Waals surface area contributed by atoms with Gasteiger partial charge in [-0.15, -0.1) is 11.6 Å². The molecule has 1 atom stereocenters. The van der Waals surface area contributed by atoms with Crippen LogP contribution in [0.1, 0.15) is 23.7 Å². The molecule has 0 saturated carbocycles. The molecule has 108 valence electrons. The topological polar surface area (TPSA) is 17.8 Å². The first-order valence-electron chi connectivity index (χ1n) is 6.56. The average molecular weight is 368 g/mol. The zero-order valence-electron chi connectivity index (χ0n) is 11.6. The summed E-state index contributed by atoms with van der Waals surface area (Å²) in [5.74, 6) is 0.397. The number of nitrogens with zero attached hydrogens (tertiary/aromatic N) is 2. The summed E-state index contributed by atoms with van der Waals surface area (Å²) in [6, 6.07) is 11.0. The molecule has 21 heavy (non-hydrogen) atoms. The van der Waals surface area contributed by atoms with E-state index in [1.54, 1.807) is 6.07 Å². The van der Waals surface area contributed by atoms with E-state index in [-0.39, 0.29) is 11.2 Å². The molecule has 1 heterocycles. The van der Waals surface area contributed by atoms with E-state index < -0.39 is 0 Å². The minimum atomic E-state index is -0.310. The van der Waals surface area contributed by atoms with Gasteiger partial charge in [0.05, 0.1) is 26.6 Å². The molecule has 0 fully saturated rings. The van der Waals surface area contributed by atoms with Gasteiger partial charge in [-0.05, 0) is 65.7 Å². The molecular formula is C16H13BrClFN2. The first-order valence-corrected chi connectivity index (χ1v) is 7.79. The van der Waals surface area contributed by atoms with E-state index in [9.17, 15) is 4.39 Å². The van der Waals surface area contributed by atoms with Crippen molar-refractivity contribution in [3.05, 3.63) is 58.1 Å². The lowest BCUT2D eigenvalue weighted by Gasteiger charge is -2.11. The predicted octanol–water partition coefficient (Wildman–Crippen LogP) is 5.54. The van der Waals surface area contributed by atoms with E-state index in [4.69, 9.17) is 11.6 Å². The minimum Gasteiger partial charge on any atom is -0.295 e. The van der Waals surface area contributed by atoms with Gasteiger partial charge >= 0.3 is 0 Å². The number of imidazole rings is 1. The SMILES string of the molecule is Cc1ccc2nc(C(C)Cl)n(-c3ccc(Br)c(F)c3)c2c1. The van der Waals surface area contributed by atoms with Gasteiger partial charge in [-0.3, -0.25) is 4.57 Å². The monoisotopic (exact) mass is 366 g/mol. The largest absolute Gasteiger partial charge is 0.295 e. The highest BCUT2D eigenvalue weighted by Gasteiger charge is 2.17. The Kier molecular flexibility index (Phi) is 3.76. The lowest BCUT2D eigenvalue weighted by Crippen LogP contribution is -2.02. The predicted molar refractivity (Wildman–Crippen MR) is 87.7 cm³/mol. The van der Waals surface area contributed by atoms with E-state index >= 15 is 0 Å². The van der Waals surface area contributed by atoms with Crippen molar-refractivity contribution in [1.82, 2.24) is 9.55 Å². The highest BCUT2D eigenvalue weighted by atomic mass is 79.9. The Morgan fingerprint density at radius 2 is 2.00 bits per heavy atom. The Balaban J connectivity index is 2.35. The molecule has 0 amide bonds. The van der Waals surface area contributed by atoms with Gasteiger partial charge < -0.3 is 0 Å². The van der Waals surface area contributed by atoms with Crippen molar-refractivity contribution < 1.29 is 4.39 Å². The normalized spacial score (nSPS) is 12.8. The van der Waals surface area contributed by atoms with Crippen LogP contribution in [0.5, 0.6) is 0 Å². The smallest absolute Gasteiger partial charge is 0.139 e. The molecule has 0 spiro atoms. The summed E-state index contributed by atoms with van der Waals surface area (Å²) >= 11 is 9.43. The Bertz CT molecular complexity index is 827. The van der Waals surface area contributed by atoms with Gasteiger partial charge in [0, 0.05) is 0 Å². The fraction of sp³-hybridized carbons (Fsp3) is 0.188. The Morgan fingerprint density at radius 3 is 2.67 bits per heavy atom. The Hall–Kier alpha value is -1.39. The maximum Gasteiger partial charge on any atom is 0.139 e. The fourth-order valence-corrected chi connectivity index (χ4v) is 2.76. The van der Waals surface area contributed by atoms with Crippen LogP contribution in [-0.4, -0.2) is 9.55 Å². The van der Waals surface area contributed by atoms with Gasteiger partial charge in [0.2, 0.25) is 0 Å². The number of aryl methyl sites for hydroxylation is 1. The van der Waals surface area contributed by atoms with Crippen molar-refractivity contribution in [2.24, 2.45) is 0 Å². The van der Waals surface area contributed by atoms with Crippen LogP contribution in [0.4, 0.5) is 4.39 Å². The second-order valence-corrected chi connectivity index (χ2v) is 6.52. The molecule has 1 unspecified atom stereocenters. The van der Waals surface area contributed by atoms with Crippen LogP contribution < -0.4 is 0 Å². The van der Waals surface area contributed by atoms with Crippen LogP contribution >= 0.6 is 27.5 Å². The molecular weight excluding hydrogens is 355 g/mol. The lowest BCUT2D eigenvalue weighted by atomic mass is 10.2. The van der Waals surface area contributed by atoms with Gasteiger partial charge in [-0.2, -0.15) is 0 Å². The highest BCUT2D eigenvalue weighted by Crippen LogP contribution is 2.30. The van der Waals surface area contributed by atoms with Crippen LogP contribution in [0.2, 0.25) is 0 Å². The molecule has 3 aromatic rings. The van der Waals surface area contributed by atoms with Crippen LogP contribution in [0.3, 0.4) is 0 Å². The molecule has 0 aliphatic carbocycles. The first kappa shape index (κ1) is 14.5. The molecule has 1 aromatic heterocycles. The molecule has 0 aliphatic heterocycles. The molecule has 0 N–H and O–H groups in total. The van der Waals surface area contributed by atoms with Crippen LogP contribution in [0.25, 0.3) is 16.7 Å². The lowest BCUT2D eigenvalue weighted by molar-refractivity contribution is 0.619. The molecule has 3 rings (SSSR count). The van der Waals surface area contributed by atoms with Gasteiger partial charge in [-0.25, -0.2) is 9.37 Å². The number of fused-ring (bicyclic) bond motifs is 1. The average Bonchev–Trinajstić information content (AvgIpc) is 2.80. The zero-order chi connectivity index (χ0) is 15.1. The van der Waals surface area contributed by atoms with E-state index in [0.717, 1.165) is 16.6 Å². The number of hydrogen-bond acceptors (Lipinski definition) is 1. The number of hydrogen-bond donors (Lipinski definition) is 0. The van der Waals surface area contributed by atoms with Gasteiger partial charge in [0.15, 0.2) is 0 Å². The van der Waals surface area contributed by atoms with Crippen molar-refractivity contribution in [3.8, 4) is 5.69 Å². The van der Waals surface area contributed by atoms with Crippen LogP contribution in [0, 0.1) is 12.7 Å². The van der Waals surface area contributed by atoms with Crippen molar-refractivity contribution in [3.63, 3.8) is 0 Å². The highest BCUT2D eigenvalue weighted by molar-refractivity contribution is 9.10. The number of alkyl halides is 1. The first-order chi connectivity index (χ1) is 9.97. The minimum absolute atomic E-state index is 0.274. The summed E-state index contributed by atoms with van der Waals surface area (Å²) in [5, 5.41) is -0.274. The van der Waals surface area contributed by atoms with Crippen LogP contribution in [0.15, 0.2) is 40.9 Å². The molecule has 2 aromatic carbocycles. The molecule has 5 heteroatoms.